The van der Waals surface area contributed by atoms with Crippen LogP contribution in [0.3, 0.4) is 0 Å². The lowest BCUT2D eigenvalue weighted by Crippen LogP contribution is -2.28. The Bertz CT molecular complexity index is 2590. The van der Waals surface area contributed by atoms with Crippen molar-refractivity contribution in [1.82, 2.24) is 0 Å². The molecule has 3 aromatic rings. The molecule has 0 radical (unpaired) electrons. The zero-order chi connectivity index (χ0) is 43.6. The monoisotopic (exact) mass is 859 g/mol. The lowest BCUT2D eigenvalue weighted by atomic mass is 9.81. The van der Waals surface area contributed by atoms with Crippen molar-refractivity contribution >= 4 is 66.5 Å². The SMILES string of the molecule is CC1(C)C2=[N+](CCCCCC(=O)Nc3cc(cc(C(=O)O)c3)NC(=O)CCCCCN3/C(=C/C=C/C=C/2)C(C)(C)c2cc(S(=O)(=O)O)ccc23)c2ccc(S(=O)(=O)O)cc21. The molecule has 0 fully saturated rings. The van der Waals surface area contributed by atoms with Crippen LogP contribution in [0.2, 0.25) is 0 Å². The Hall–Kier alpha value is -5.42. The third kappa shape index (κ3) is 9.62. The van der Waals surface area contributed by atoms with Gasteiger partial charge in [0.05, 0.1) is 20.8 Å². The molecule has 0 saturated carbocycles. The Labute approximate surface area is 350 Å². The normalized spacial score (nSPS) is 21.0. The zero-order valence-electron chi connectivity index (χ0n) is 34.1. The third-order valence-electron chi connectivity index (χ3n) is 11.4. The first-order chi connectivity index (χ1) is 28.2. The number of carboxylic acid groups (broad SMARTS) is 1. The molecule has 3 aromatic carbocycles. The number of nitrogens with zero attached hydrogens (tertiary/aromatic N) is 2. The van der Waals surface area contributed by atoms with E-state index < -0.39 is 37.0 Å². The first kappa shape index (κ1) is 44.1. The van der Waals surface area contributed by atoms with E-state index in [-0.39, 0.29) is 51.4 Å². The average Bonchev–Trinajstić information content (AvgIpc) is 3.50. The molecule has 0 unspecified atom stereocenters. The summed E-state index contributed by atoms with van der Waals surface area (Å²) in [6, 6.07) is 13.4. The van der Waals surface area contributed by atoms with Crippen molar-refractivity contribution in [1.29, 1.82) is 0 Å². The van der Waals surface area contributed by atoms with E-state index in [2.05, 4.69) is 20.1 Å². The second-order valence-corrected chi connectivity index (χ2v) is 19.2. The summed E-state index contributed by atoms with van der Waals surface area (Å²) < 4.78 is 70.4. The number of benzene rings is 3. The number of carboxylic acids is 1. The minimum atomic E-state index is -4.45. The van der Waals surface area contributed by atoms with Gasteiger partial charge in [-0.2, -0.15) is 21.4 Å². The number of carbonyl (C=O) groups is 3. The maximum Gasteiger partial charge on any atom is 0.335 e. The van der Waals surface area contributed by atoms with Crippen LogP contribution in [0.1, 0.15) is 101 Å². The van der Waals surface area contributed by atoms with Crippen LogP contribution in [0.5, 0.6) is 0 Å². The van der Waals surface area contributed by atoms with Gasteiger partial charge in [0.2, 0.25) is 17.5 Å². The van der Waals surface area contributed by atoms with E-state index in [9.17, 15) is 45.4 Å². The smallest absolute Gasteiger partial charge is 0.335 e. The number of nitrogens with one attached hydrogen (secondary N) is 2. The Morgan fingerprint density at radius 1 is 0.700 bits per heavy atom. The predicted octanol–water partition coefficient (Wildman–Crippen LogP) is 7.76. The summed E-state index contributed by atoms with van der Waals surface area (Å²) in [5, 5.41) is 15.3. The minimum absolute atomic E-state index is 0.0916. The molecule has 6 rings (SSSR count). The van der Waals surface area contributed by atoms with Gasteiger partial charge in [-0.3, -0.25) is 18.7 Å². The molecule has 14 nitrogen and oxygen atoms in total. The van der Waals surface area contributed by atoms with E-state index >= 15 is 0 Å². The van der Waals surface area contributed by atoms with Gasteiger partial charge in [0.15, 0.2) is 5.71 Å². The summed E-state index contributed by atoms with van der Waals surface area (Å²) in [6.07, 6.45) is 13.8. The van der Waals surface area contributed by atoms with Gasteiger partial charge >= 0.3 is 5.97 Å². The molecule has 2 amide bonds. The molecule has 0 aromatic heterocycles. The van der Waals surface area contributed by atoms with Crippen LogP contribution in [0, 0.1) is 0 Å². The van der Waals surface area contributed by atoms with Crippen molar-refractivity contribution in [2.45, 2.75) is 99.7 Å². The highest BCUT2D eigenvalue weighted by Gasteiger charge is 2.45. The molecule has 16 heteroatoms. The lowest BCUT2D eigenvalue weighted by Gasteiger charge is -2.27. The van der Waals surface area contributed by atoms with Crippen LogP contribution < -0.4 is 15.5 Å². The van der Waals surface area contributed by atoms with Crippen LogP contribution in [-0.4, -0.2) is 72.2 Å². The van der Waals surface area contributed by atoms with Gasteiger partial charge in [0.25, 0.3) is 20.2 Å². The van der Waals surface area contributed by atoms with Gasteiger partial charge in [0.1, 0.15) is 6.54 Å². The number of aromatic carboxylic acids is 1. The van der Waals surface area contributed by atoms with Gasteiger partial charge in [-0.1, -0.05) is 38.5 Å². The highest BCUT2D eigenvalue weighted by molar-refractivity contribution is 7.86. The van der Waals surface area contributed by atoms with Crippen LogP contribution in [0.15, 0.2) is 100 Å². The summed E-state index contributed by atoms with van der Waals surface area (Å²) in [6.45, 7) is 9.05. The quantitative estimate of drug-likeness (QED) is 0.127. The van der Waals surface area contributed by atoms with E-state index in [0.717, 1.165) is 33.9 Å². The standard InChI is InChI=1S/C44H50N4O10S2/c1-43(2)34-27-32(59(53,54)55)18-20-36(34)47-22-12-6-10-16-40(49)45-30-24-29(42(51)52)25-31(26-30)46-41(50)17-11-7-13-23-48-37-21-19-33(60(56,57)58)28-35(37)44(3,4)39(48)15-9-5-8-14-38(43)47/h5,8-9,14-15,18-21,24-28H,6-7,10-13,16-17,22-23H2,1-4H3,(H4-,45,46,49,50,51,52,53,54,55,56,57,58)/p+1. The van der Waals surface area contributed by atoms with Crippen molar-refractivity contribution in [3.8, 4) is 0 Å². The molecule has 5 N–H and O–H groups in total. The Morgan fingerprint density at radius 3 is 1.88 bits per heavy atom. The van der Waals surface area contributed by atoms with Gasteiger partial charge in [-0.25, -0.2) is 4.79 Å². The molecule has 3 aliphatic rings. The fourth-order valence-electron chi connectivity index (χ4n) is 8.28. The topological polar surface area (TPSA) is 210 Å². The van der Waals surface area contributed by atoms with Crippen molar-refractivity contribution < 1.29 is 50.0 Å². The Balaban J connectivity index is 1.35. The Kier molecular flexibility index (Phi) is 12.7. The van der Waals surface area contributed by atoms with Crippen LogP contribution in [-0.2, 0) is 40.7 Å². The van der Waals surface area contributed by atoms with Crippen LogP contribution in [0.4, 0.5) is 22.7 Å². The highest BCUT2D eigenvalue weighted by atomic mass is 32.2. The lowest BCUT2D eigenvalue weighted by molar-refractivity contribution is -0.438. The first-order valence-corrected chi connectivity index (χ1v) is 22.8. The van der Waals surface area contributed by atoms with Gasteiger partial charge in [0, 0.05) is 71.7 Å². The van der Waals surface area contributed by atoms with E-state index in [1.807, 2.05) is 58.1 Å². The van der Waals surface area contributed by atoms with E-state index in [1.54, 1.807) is 12.1 Å². The number of amides is 2. The summed E-state index contributed by atoms with van der Waals surface area (Å²) in [4.78, 5) is 39.6. The van der Waals surface area contributed by atoms with E-state index in [1.165, 1.54) is 42.5 Å². The fraction of sp³-hybridized carbons (Fsp3) is 0.364. The molecule has 2 bridgehead atoms. The molecule has 0 atom stereocenters. The molecular weight excluding hydrogens is 809 g/mol. The van der Waals surface area contributed by atoms with Crippen molar-refractivity contribution in [2.75, 3.05) is 28.6 Å². The number of hydrogen-bond donors (Lipinski definition) is 5. The number of anilines is 3. The molecular formula is C44H51N4O10S2+. The Morgan fingerprint density at radius 2 is 1.28 bits per heavy atom. The number of fused-ring (bicyclic) bond motifs is 7. The molecule has 0 spiro atoms. The van der Waals surface area contributed by atoms with Crippen molar-refractivity contribution in [3.63, 3.8) is 0 Å². The third-order valence-corrected chi connectivity index (χ3v) is 13.1. The number of carbonyl (C=O) groups excluding carboxylic acids is 2. The molecule has 318 valence electrons. The summed E-state index contributed by atoms with van der Waals surface area (Å²) in [5.41, 5.74) is 3.97. The molecule has 3 aliphatic heterocycles. The summed E-state index contributed by atoms with van der Waals surface area (Å²) >= 11 is 0. The van der Waals surface area contributed by atoms with Gasteiger partial charge < -0.3 is 20.6 Å². The number of hydrogen-bond acceptors (Lipinski definition) is 8. The fourth-order valence-corrected chi connectivity index (χ4v) is 9.29. The molecule has 3 heterocycles. The second-order valence-electron chi connectivity index (χ2n) is 16.4. The zero-order valence-corrected chi connectivity index (χ0v) is 35.7. The van der Waals surface area contributed by atoms with E-state index in [4.69, 9.17) is 0 Å². The van der Waals surface area contributed by atoms with Crippen LogP contribution in [0.25, 0.3) is 0 Å². The number of rotatable bonds is 3. The highest BCUT2D eigenvalue weighted by Crippen LogP contribution is 2.49. The second kappa shape index (κ2) is 17.3. The maximum absolute atomic E-state index is 13.0. The van der Waals surface area contributed by atoms with Gasteiger partial charge in [-0.15, -0.1) is 0 Å². The molecule has 0 saturated heterocycles. The number of allylic oxidation sites excluding steroid dienone is 6. The first-order valence-electron chi connectivity index (χ1n) is 19.9. The van der Waals surface area contributed by atoms with Crippen LogP contribution >= 0.6 is 0 Å². The maximum atomic E-state index is 13.0. The largest absolute Gasteiger partial charge is 0.478 e. The van der Waals surface area contributed by atoms with E-state index in [0.29, 0.717) is 51.6 Å². The van der Waals surface area contributed by atoms with Crippen molar-refractivity contribution in [3.05, 3.63) is 107 Å². The predicted molar refractivity (Wildman–Crippen MR) is 230 cm³/mol. The minimum Gasteiger partial charge on any atom is -0.478 e. The molecule has 0 aliphatic carbocycles. The van der Waals surface area contributed by atoms with Gasteiger partial charge in [-0.05, 0) is 99.7 Å². The van der Waals surface area contributed by atoms with Crippen molar-refractivity contribution in [2.24, 2.45) is 0 Å². The summed E-state index contributed by atoms with van der Waals surface area (Å²) in [7, 11) is -8.91. The summed E-state index contributed by atoms with van der Waals surface area (Å²) in [5.74, 6) is -1.81. The molecule has 60 heavy (non-hydrogen) atoms. The average molecular weight is 860 g/mol.